The van der Waals surface area contributed by atoms with Gasteiger partial charge in [0.15, 0.2) is 0 Å². The Balaban J connectivity index is -0.00000000468. The Morgan fingerprint density at radius 1 is 0.533 bits per heavy atom. The Labute approximate surface area is 140 Å². The summed E-state index contributed by atoms with van der Waals surface area (Å²) in [6.07, 6.45) is 0. The summed E-state index contributed by atoms with van der Waals surface area (Å²) < 4.78 is 0. The molecule has 0 saturated carbocycles. The fourth-order valence-electron chi connectivity index (χ4n) is 0. The predicted octanol–water partition coefficient (Wildman–Crippen LogP) is -4.60. The van der Waals surface area contributed by atoms with Crippen molar-refractivity contribution in [3.63, 3.8) is 0 Å². The first-order valence-electron chi connectivity index (χ1n) is 1.10. The van der Waals surface area contributed by atoms with Crippen molar-refractivity contribution in [2.24, 2.45) is 0 Å². The summed E-state index contributed by atoms with van der Waals surface area (Å²) in [6.45, 7) is 0. The molecule has 0 heterocycles. The molecule has 0 aromatic heterocycles. The van der Waals surface area contributed by atoms with Gasteiger partial charge in [-0.25, -0.2) is 0 Å². The van der Waals surface area contributed by atoms with E-state index < -0.39 is 10.2 Å². The molecule has 0 unspecified atom stereocenters. The molecule has 13 nitrogen and oxygen atoms in total. The summed E-state index contributed by atoms with van der Waals surface area (Å²) in [4.78, 5) is 16.5. The molecule has 0 aliphatic carbocycles. The SMILES string of the molecule is O.O.O.O.O.O=[N+]([O-])[O-].O=[N+]([O-])[O-].[Tm+3].[Tm+3]. The first-order chi connectivity index (χ1) is 3.46. The number of nitrogens with zero attached hydrogens (tertiary/aromatic N) is 2. The van der Waals surface area contributed by atoms with Crippen LogP contribution >= 0.6 is 0 Å². The third-order valence-electron chi connectivity index (χ3n) is 0. The zero-order valence-electron chi connectivity index (χ0n) is 6.40. The van der Waals surface area contributed by atoms with E-state index in [0.29, 0.717) is 0 Å². The Morgan fingerprint density at radius 3 is 0.533 bits per heavy atom. The van der Waals surface area contributed by atoms with Crippen LogP contribution in [0.3, 0.4) is 0 Å². The van der Waals surface area contributed by atoms with E-state index in [1.165, 1.54) is 0 Å². The van der Waals surface area contributed by atoms with Gasteiger partial charge in [-0.2, -0.15) is 0 Å². The van der Waals surface area contributed by atoms with Crippen LogP contribution in [-0.2, 0) is 0 Å². The zero-order chi connectivity index (χ0) is 7.15. The fraction of sp³-hybridized carbons (Fsp3) is 0. The van der Waals surface area contributed by atoms with Gasteiger partial charge >= 0.3 is 73.7 Å². The molecule has 108 valence electrons. The smallest absolute Gasteiger partial charge is 0.412 e. The molecule has 15 heteroatoms. The minimum absolute atomic E-state index is 0. The van der Waals surface area contributed by atoms with E-state index in [0.717, 1.165) is 0 Å². The van der Waals surface area contributed by atoms with Crippen LogP contribution < -0.4 is 0 Å². The van der Waals surface area contributed by atoms with Gasteiger partial charge in [-0.15, -0.1) is 0 Å². The Kier molecular flexibility index (Phi) is 312. The van der Waals surface area contributed by atoms with Gasteiger partial charge in [-0.1, -0.05) is 0 Å². The molecule has 0 radical (unpaired) electrons. The normalized spacial score (nSPS) is 3.20. The summed E-state index contributed by atoms with van der Waals surface area (Å²) >= 11 is 0. The minimum atomic E-state index is -1.75. The maximum absolute atomic E-state index is 8.25. The molecule has 10 N–H and O–H groups in total. The van der Waals surface area contributed by atoms with E-state index in [1.54, 1.807) is 0 Å². The molecule has 0 aromatic rings. The predicted molar refractivity (Wildman–Crippen MR) is 38.8 cm³/mol. The number of hydrogen-bond acceptors (Lipinski definition) is 6. The second-order valence-electron chi connectivity index (χ2n) is 0.447. The van der Waals surface area contributed by atoms with Gasteiger partial charge in [0.05, 0.1) is 10.2 Å². The van der Waals surface area contributed by atoms with E-state index >= 15 is 0 Å². The molecule has 0 rings (SSSR count). The Bertz CT molecular complexity index is 74.6. The van der Waals surface area contributed by atoms with Gasteiger partial charge in [0, 0.05) is 0 Å². The molecule has 0 saturated heterocycles. The molecule has 0 aliphatic rings. The second-order valence-corrected chi connectivity index (χ2v) is 0.447. The van der Waals surface area contributed by atoms with Crippen LogP contribution in [0.15, 0.2) is 0 Å². The van der Waals surface area contributed by atoms with E-state index in [-0.39, 0.29) is 101 Å². The monoisotopic (exact) mass is 552 g/mol. The second kappa shape index (κ2) is 61.6. The first-order valence-corrected chi connectivity index (χ1v) is 1.10. The summed E-state index contributed by atoms with van der Waals surface area (Å²) in [7, 11) is 0. The topological polar surface area (TPSA) is 290 Å². The van der Waals surface area contributed by atoms with Crippen LogP contribution in [0.1, 0.15) is 0 Å². The summed E-state index contributed by atoms with van der Waals surface area (Å²) in [5.74, 6) is 0. The van der Waals surface area contributed by atoms with Gasteiger partial charge < -0.3 is 58.0 Å². The molecule has 0 amide bonds. The van der Waals surface area contributed by atoms with Crippen molar-refractivity contribution in [3.05, 3.63) is 30.6 Å². The third kappa shape index (κ3) is 5280. The van der Waals surface area contributed by atoms with Gasteiger partial charge in [0.2, 0.25) is 0 Å². The van der Waals surface area contributed by atoms with E-state index in [2.05, 4.69) is 0 Å². The minimum Gasteiger partial charge on any atom is -0.412 e. The van der Waals surface area contributed by atoms with Gasteiger partial charge in [0.25, 0.3) is 0 Å². The van der Waals surface area contributed by atoms with E-state index in [1.807, 2.05) is 0 Å². The number of hydrogen-bond donors (Lipinski definition) is 0. The van der Waals surface area contributed by atoms with Gasteiger partial charge in [-0.05, 0) is 0 Å². The van der Waals surface area contributed by atoms with Crippen molar-refractivity contribution in [3.8, 4) is 0 Å². The zero-order valence-corrected chi connectivity index (χ0v) is 9.96. The maximum Gasteiger partial charge on any atom is 3.00 e. The van der Waals surface area contributed by atoms with Crippen LogP contribution in [0.5, 0.6) is 0 Å². The largest absolute Gasteiger partial charge is 3.00 e. The molecule has 0 atom stereocenters. The molecular weight excluding hydrogens is 542 g/mol. The average Bonchev–Trinajstić information content (AvgIpc) is 1.25. The third-order valence-corrected chi connectivity index (χ3v) is 0. The van der Waals surface area contributed by atoms with Gasteiger partial charge in [0.1, 0.15) is 0 Å². The van der Waals surface area contributed by atoms with Crippen molar-refractivity contribution < 1.29 is 111 Å². The van der Waals surface area contributed by atoms with Crippen LogP contribution in [0, 0.1) is 104 Å². The molecule has 0 aliphatic heterocycles. The molecule has 0 spiro atoms. The Morgan fingerprint density at radius 2 is 0.533 bits per heavy atom. The molecular formula is H10N2O11Tm2+4. The van der Waals surface area contributed by atoms with E-state index in [4.69, 9.17) is 30.6 Å². The van der Waals surface area contributed by atoms with Crippen LogP contribution in [0.4, 0.5) is 0 Å². The van der Waals surface area contributed by atoms with E-state index in [9.17, 15) is 0 Å². The van der Waals surface area contributed by atoms with Gasteiger partial charge in [-0.3, -0.25) is 0 Å². The number of rotatable bonds is 0. The molecule has 0 bridgehead atoms. The quantitative estimate of drug-likeness (QED) is 0.210. The van der Waals surface area contributed by atoms with Crippen molar-refractivity contribution in [1.82, 2.24) is 0 Å². The summed E-state index contributed by atoms with van der Waals surface area (Å²) in [5.41, 5.74) is 0. The first kappa shape index (κ1) is 75.8. The van der Waals surface area contributed by atoms with Crippen molar-refractivity contribution >= 4 is 0 Å². The van der Waals surface area contributed by atoms with Crippen LogP contribution in [0.25, 0.3) is 0 Å². The Hall–Kier alpha value is 0.668. The maximum atomic E-state index is 8.25. The molecule has 15 heavy (non-hydrogen) atoms. The van der Waals surface area contributed by atoms with Crippen molar-refractivity contribution in [1.29, 1.82) is 0 Å². The average molecular weight is 552 g/mol. The summed E-state index contributed by atoms with van der Waals surface area (Å²) in [5, 5.41) is 29.5. The molecule has 0 fully saturated rings. The standard InChI is InChI=1S/2NO3.5H2O.2Tm/c2*2-1(3)4;;;;;;;/h;;5*1H2;;/q2*-1;;;;;;2*+3. The summed E-state index contributed by atoms with van der Waals surface area (Å²) in [6, 6.07) is 0. The van der Waals surface area contributed by atoms with Crippen molar-refractivity contribution in [2.75, 3.05) is 0 Å². The fourth-order valence-corrected chi connectivity index (χ4v) is 0. The molecule has 0 aromatic carbocycles. The van der Waals surface area contributed by atoms with Crippen LogP contribution in [0.2, 0.25) is 0 Å². The van der Waals surface area contributed by atoms with Crippen LogP contribution in [-0.4, -0.2) is 37.6 Å². The van der Waals surface area contributed by atoms with Crippen molar-refractivity contribution in [2.45, 2.75) is 0 Å².